The number of phenols is 1. The number of hydrogen-bond acceptors (Lipinski definition) is 5. The van der Waals surface area contributed by atoms with Gasteiger partial charge >= 0.3 is 0 Å². The number of nitrogens with one attached hydrogen (secondary N) is 2. The van der Waals surface area contributed by atoms with Crippen LogP contribution in [0.4, 0.5) is 5.69 Å². The van der Waals surface area contributed by atoms with Gasteiger partial charge in [-0.3, -0.25) is 4.79 Å². The summed E-state index contributed by atoms with van der Waals surface area (Å²) in [5, 5.41) is 15.9. The summed E-state index contributed by atoms with van der Waals surface area (Å²) in [5.74, 6) is 0.936. The summed E-state index contributed by atoms with van der Waals surface area (Å²) >= 11 is 6.40. The number of amides is 1. The molecule has 0 fully saturated rings. The van der Waals surface area contributed by atoms with E-state index in [1.165, 1.54) is 0 Å². The average Bonchev–Trinajstić information content (AvgIpc) is 2.60. The lowest BCUT2D eigenvalue weighted by atomic mass is 10.1. The number of carbonyl (C=O) groups excluding carboxylic acids is 1. The molecule has 0 unspecified atom stereocenters. The van der Waals surface area contributed by atoms with E-state index in [2.05, 4.69) is 10.6 Å². The molecule has 0 heterocycles. The Morgan fingerprint density at radius 3 is 2.36 bits per heavy atom. The van der Waals surface area contributed by atoms with Crippen LogP contribution in [0.15, 0.2) is 36.4 Å². The van der Waals surface area contributed by atoms with E-state index in [1.807, 2.05) is 27.7 Å². The molecule has 3 N–H and O–H groups in total. The summed E-state index contributed by atoms with van der Waals surface area (Å²) in [5.41, 5.74) is 1.35. The topological polar surface area (TPSA) is 79.8 Å². The van der Waals surface area contributed by atoms with Crippen molar-refractivity contribution in [1.82, 2.24) is 5.32 Å². The molecule has 28 heavy (non-hydrogen) atoms. The Kier molecular flexibility index (Phi) is 7.40. The Balaban J connectivity index is 2.09. The first-order valence-electron chi connectivity index (χ1n) is 9.10. The van der Waals surface area contributed by atoms with Gasteiger partial charge in [-0.2, -0.15) is 0 Å². The molecule has 6 nitrogen and oxygen atoms in total. The maximum atomic E-state index is 12.0. The van der Waals surface area contributed by atoms with Crippen molar-refractivity contribution in [2.45, 2.75) is 39.8 Å². The van der Waals surface area contributed by atoms with Crippen molar-refractivity contribution >= 4 is 23.2 Å². The molecule has 0 aliphatic heterocycles. The van der Waals surface area contributed by atoms with Gasteiger partial charge in [0.25, 0.3) is 5.91 Å². The predicted octanol–water partition coefficient (Wildman–Crippen LogP) is 4.35. The van der Waals surface area contributed by atoms with Crippen molar-refractivity contribution in [3.05, 3.63) is 47.0 Å². The van der Waals surface area contributed by atoms with Crippen molar-refractivity contribution in [2.24, 2.45) is 0 Å². The lowest BCUT2D eigenvalue weighted by molar-refractivity contribution is -0.124. The number of ether oxygens (including phenoxy) is 2. The molecule has 1 amide bonds. The second-order valence-corrected chi connectivity index (χ2v) is 7.72. The van der Waals surface area contributed by atoms with Gasteiger partial charge in [0.05, 0.1) is 6.61 Å². The smallest absolute Gasteiger partial charge is 0.258 e. The summed E-state index contributed by atoms with van der Waals surface area (Å²) in [6.07, 6.45) is 0. The molecule has 2 rings (SSSR count). The van der Waals surface area contributed by atoms with Crippen LogP contribution in [0, 0.1) is 0 Å². The lowest BCUT2D eigenvalue weighted by Crippen LogP contribution is -2.43. The number of phenolic OH excluding ortho intramolecular Hbond substituents is 1. The Bertz CT molecular complexity index is 801. The third-order valence-corrected chi connectivity index (χ3v) is 3.99. The van der Waals surface area contributed by atoms with Crippen LogP contribution in [-0.4, -0.2) is 29.8 Å². The first kappa shape index (κ1) is 21.7. The van der Waals surface area contributed by atoms with Crippen LogP contribution >= 0.6 is 11.6 Å². The van der Waals surface area contributed by atoms with Crippen LogP contribution in [-0.2, 0) is 11.3 Å². The van der Waals surface area contributed by atoms with Crippen LogP contribution in [0.25, 0.3) is 0 Å². The number of halogens is 1. The maximum absolute atomic E-state index is 12.0. The van der Waals surface area contributed by atoms with E-state index in [-0.39, 0.29) is 23.8 Å². The molecule has 0 saturated heterocycles. The van der Waals surface area contributed by atoms with E-state index in [4.69, 9.17) is 21.1 Å². The summed E-state index contributed by atoms with van der Waals surface area (Å²) in [4.78, 5) is 12.0. The fourth-order valence-electron chi connectivity index (χ4n) is 2.47. The minimum atomic E-state index is -0.329. The van der Waals surface area contributed by atoms with Crippen LogP contribution in [0.1, 0.15) is 33.3 Å². The van der Waals surface area contributed by atoms with Gasteiger partial charge in [-0.05, 0) is 63.6 Å². The Morgan fingerprint density at radius 1 is 1.11 bits per heavy atom. The highest BCUT2D eigenvalue weighted by atomic mass is 35.5. The first-order valence-corrected chi connectivity index (χ1v) is 9.47. The molecule has 0 aromatic heterocycles. The number of hydrogen-bond donors (Lipinski definition) is 3. The normalized spacial score (nSPS) is 11.0. The molecule has 2 aromatic carbocycles. The second-order valence-electron chi connectivity index (χ2n) is 7.31. The largest absolute Gasteiger partial charge is 0.508 e. The summed E-state index contributed by atoms with van der Waals surface area (Å²) in [7, 11) is 0. The standard InChI is InChI=1S/C21H27ClN2O4/c1-5-27-18-10-14(12-23-15-6-8-16(25)9-7-15)17(22)11-19(18)28-13-20(26)24-21(2,3)4/h6-11,23,25H,5,12-13H2,1-4H3,(H,24,26). The molecule has 0 atom stereocenters. The molecule has 0 saturated carbocycles. The van der Waals surface area contributed by atoms with Gasteiger partial charge in [-0.25, -0.2) is 0 Å². The number of carbonyl (C=O) groups is 1. The van der Waals surface area contributed by atoms with Gasteiger partial charge in [0.1, 0.15) is 5.75 Å². The van der Waals surface area contributed by atoms with E-state index in [0.717, 1.165) is 11.3 Å². The molecule has 0 radical (unpaired) electrons. The Labute approximate surface area is 170 Å². The fraction of sp³-hybridized carbons (Fsp3) is 0.381. The first-order chi connectivity index (χ1) is 13.2. The van der Waals surface area contributed by atoms with Gasteiger partial charge in [-0.15, -0.1) is 0 Å². The summed E-state index contributed by atoms with van der Waals surface area (Å²) < 4.78 is 11.3. The molecule has 2 aromatic rings. The van der Waals surface area contributed by atoms with Crippen molar-refractivity contribution in [2.75, 3.05) is 18.5 Å². The quantitative estimate of drug-likeness (QED) is 0.568. The van der Waals surface area contributed by atoms with Gasteiger partial charge in [-0.1, -0.05) is 11.6 Å². The zero-order valence-electron chi connectivity index (χ0n) is 16.6. The minimum Gasteiger partial charge on any atom is -0.508 e. The van der Waals surface area contributed by atoms with Crippen LogP contribution in [0.2, 0.25) is 5.02 Å². The Hall–Kier alpha value is -2.60. The Morgan fingerprint density at radius 2 is 1.75 bits per heavy atom. The maximum Gasteiger partial charge on any atom is 0.258 e. The zero-order chi connectivity index (χ0) is 20.7. The van der Waals surface area contributed by atoms with Gasteiger partial charge in [0.15, 0.2) is 18.1 Å². The van der Waals surface area contributed by atoms with Gasteiger partial charge in [0.2, 0.25) is 0 Å². The highest BCUT2D eigenvalue weighted by Crippen LogP contribution is 2.34. The average molecular weight is 407 g/mol. The molecule has 152 valence electrons. The molecule has 0 aliphatic rings. The van der Waals surface area contributed by atoms with Crippen molar-refractivity contribution in [1.29, 1.82) is 0 Å². The monoisotopic (exact) mass is 406 g/mol. The number of anilines is 1. The van der Waals surface area contributed by atoms with E-state index in [9.17, 15) is 9.90 Å². The lowest BCUT2D eigenvalue weighted by Gasteiger charge is -2.21. The van der Waals surface area contributed by atoms with Crippen molar-refractivity contribution < 1.29 is 19.4 Å². The van der Waals surface area contributed by atoms with Crippen LogP contribution < -0.4 is 20.1 Å². The minimum absolute atomic E-state index is 0.126. The summed E-state index contributed by atoms with van der Waals surface area (Å²) in [6.45, 7) is 8.39. The SMILES string of the molecule is CCOc1cc(CNc2ccc(O)cc2)c(Cl)cc1OCC(=O)NC(C)(C)C. The number of benzene rings is 2. The number of rotatable bonds is 8. The second kappa shape index (κ2) is 9.55. The van der Waals surface area contributed by atoms with Gasteiger partial charge < -0.3 is 25.2 Å². The third kappa shape index (κ3) is 6.85. The third-order valence-electron chi connectivity index (χ3n) is 3.64. The molecule has 7 heteroatoms. The number of aromatic hydroxyl groups is 1. The van der Waals surface area contributed by atoms with E-state index < -0.39 is 0 Å². The summed E-state index contributed by atoms with van der Waals surface area (Å²) in [6, 6.07) is 10.2. The van der Waals surface area contributed by atoms with E-state index in [1.54, 1.807) is 36.4 Å². The molecule has 0 aliphatic carbocycles. The highest BCUT2D eigenvalue weighted by Gasteiger charge is 2.16. The molecular formula is C21H27ClN2O4. The van der Waals surface area contributed by atoms with Gasteiger partial charge in [0, 0.05) is 28.9 Å². The van der Waals surface area contributed by atoms with E-state index in [0.29, 0.717) is 29.7 Å². The zero-order valence-corrected chi connectivity index (χ0v) is 17.4. The molecule has 0 spiro atoms. The van der Waals surface area contributed by atoms with E-state index >= 15 is 0 Å². The highest BCUT2D eigenvalue weighted by molar-refractivity contribution is 6.31. The van der Waals surface area contributed by atoms with Crippen LogP contribution in [0.3, 0.4) is 0 Å². The predicted molar refractivity (Wildman–Crippen MR) is 111 cm³/mol. The molecular weight excluding hydrogens is 380 g/mol. The fourth-order valence-corrected chi connectivity index (χ4v) is 2.69. The van der Waals surface area contributed by atoms with Crippen molar-refractivity contribution in [3.63, 3.8) is 0 Å². The molecule has 0 bridgehead atoms. The van der Waals surface area contributed by atoms with Crippen molar-refractivity contribution in [3.8, 4) is 17.2 Å². The van der Waals surface area contributed by atoms with Crippen LogP contribution in [0.5, 0.6) is 17.2 Å².